The molecule has 0 bridgehead atoms. The van der Waals surface area contributed by atoms with Crippen LogP contribution in [0.25, 0.3) is 0 Å². The van der Waals surface area contributed by atoms with Gasteiger partial charge in [-0.1, -0.05) is 0 Å². The molecule has 0 aromatic heterocycles. The minimum atomic E-state index is -1.08. The van der Waals surface area contributed by atoms with E-state index < -0.39 is 17.3 Å². The normalized spacial score (nSPS) is 11.2. The Morgan fingerprint density at radius 1 is 1.31 bits per heavy atom. The molecule has 5 heteroatoms. The number of carbonyl (C=O) groups is 1. The smallest absolute Gasteiger partial charge is 0.251 e. The average molecular weight is 227 g/mol. The van der Waals surface area contributed by atoms with Crippen molar-refractivity contribution in [3.63, 3.8) is 0 Å². The lowest BCUT2D eigenvalue weighted by atomic mass is 10.0. The summed E-state index contributed by atoms with van der Waals surface area (Å²) in [6, 6.07) is 5.01. The number of halogens is 1. The summed E-state index contributed by atoms with van der Waals surface area (Å²) in [7, 11) is 0. The predicted molar refractivity (Wildman–Crippen MR) is 56.4 cm³/mol. The van der Waals surface area contributed by atoms with Crippen molar-refractivity contribution in [1.82, 2.24) is 5.32 Å². The maximum atomic E-state index is 12.6. The second kappa shape index (κ2) is 5.05. The van der Waals surface area contributed by atoms with Crippen LogP contribution in [0.5, 0.6) is 0 Å². The fourth-order valence-corrected chi connectivity index (χ4v) is 1.08. The highest BCUT2D eigenvalue weighted by atomic mass is 19.1. The standard InChI is InChI=1S/C11H14FNO3/c1-11(6-14,7-15)13-10(16)8-2-4-9(12)5-3-8/h2-5,14-15H,6-7H2,1H3,(H,13,16). The van der Waals surface area contributed by atoms with E-state index >= 15 is 0 Å². The van der Waals surface area contributed by atoms with Crippen LogP contribution in [0.2, 0.25) is 0 Å². The zero-order chi connectivity index (χ0) is 12.2. The van der Waals surface area contributed by atoms with Gasteiger partial charge in [0.2, 0.25) is 0 Å². The number of aliphatic hydroxyl groups is 2. The van der Waals surface area contributed by atoms with Crippen LogP contribution in [0, 0.1) is 5.82 Å². The number of hydrogen-bond donors (Lipinski definition) is 3. The number of aliphatic hydroxyl groups excluding tert-OH is 2. The van der Waals surface area contributed by atoms with Gasteiger partial charge in [0.25, 0.3) is 5.91 Å². The molecule has 0 aliphatic heterocycles. The summed E-state index contributed by atoms with van der Waals surface area (Å²) in [5, 5.41) is 20.4. The molecule has 16 heavy (non-hydrogen) atoms. The van der Waals surface area contributed by atoms with Crippen LogP contribution < -0.4 is 5.32 Å². The summed E-state index contributed by atoms with van der Waals surface area (Å²) in [6.45, 7) is 0.751. The Hall–Kier alpha value is -1.46. The Labute approximate surface area is 92.7 Å². The summed E-state index contributed by atoms with van der Waals surface area (Å²) < 4.78 is 12.6. The Morgan fingerprint density at radius 2 is 1.81 bits per heavy atom. The van der Waals surface area contributed by atoms with Gasteiger partial charge in [0.05, 0.1) is 18.8 Å². The van der Waals surface area contributed by atoms with Crippen molar-refractivity contribution in [2.45, 2.75) is 12.5 Å². The van der Waals surface area contributed by atoms with Crippen molar-refractivity contribution in [2.75, 3.05) is 13.2 Å². The third kappa shape index (κ3) is 3.01. The van der Waals surface area contributed by atoms with Crippen LogP contribution in [0.3, 0.4) is 0 Å². The van der Waals surface area contributed by atoms with Gasteiger partial charge in [-0.3, -0.25) is 4.79 Å². The SMILES string of the molecule is CC(CO)(CO)NC(=O)c1ccc(F)cc1. The molecule has 1 amide bonds. The van der Waals surface area contributed by atoms with E-state index in [2.05, 4.69) is 5.32 Å². The topological polar surface area (TPSA) is 69.6 Å². The monoisotopic (exact) mass is 227 g/mol. The van der Waals surface area contributed by atoms with Crippen LogP contribution >= 0.6 is 0 Å². The molecule has 0 spiro atoms. The van der Waals surface area contributed by atoms with Gasteiger partial charge in [-0.2, -0.15) is 0 Å². The fourth-order valence-electron chi connectivity index (χ4n) is 1.08. The predicted octanol–water partition coefficient (Wildman–Crippen LogP) is 0.299. The van der Waals surface area contributed by atoms with E-state index in [1.807, 2.05) is 0 Å². The Kier molecular flexibility index (Phi) is 3.98. The lowest BCUT2D eigenvalue weighted by Gasteiger charge is -2.26. The minimum Gasteiger partial charge on any atom is -0.394 e. The van der Waals surface area contributed by atoms with Crippen LogP contribution in [-0.4, -0.2) is 34.9 Å². The van der Waals surface area contributed by atoms with E-state index in [-0.39, 0.29) is 18.8 Å². The molecule has 0 saturated carbocycles. The molecular formula is C11H14FNO3. The van der Waals surface area contributed by atoms with Crippen molar-refractivity contribution in [3.05, 3.63) is 35.6 Å². The van der Waals surface area contributed by atoms with Crippen molar-refractivity contribution in [3.8, 4) is 0 Å². The van der Waals surface area contributed by atoms with Crippen molar-refractivity contribution >= 4 is 5.91 Å². The van der Waals surface area contributed by atoms with E-state index in [1.54, 1.807) is 0 Å². The van der Waals surface area contributed by atoms with Gasteiger partial charge < -0.3 is 15.5 Å². The molecular weight excluding hydrogens is 213 g/mol. The van der Waals surface area contributed by atoms with Crippen LogP contribution in [-0.2, 0) is 0 Å². The maximum Gasteiger partial charge on any atom is 0.251 e. The Bertz CT molecular complexity index is 360. The largest absolute Gasteiger partial charge is 0.394 e. The van der Waals surface area contributed by atoms with Gasteiger partial charge in [-0.05, 0) is 31.2 Å². The number of amides is 1. The number of nitrogens with one attached hydrogen (secondary N) is 1. The maximum absolute atomic E-state index is 12.6. The molecule has 0 unspecified atom stereocenters. The summed E-state index contributed by atoms with van der Waals surface area (Å²) in [5.74, 6) is -0.894. The number of carbonyl (C=O) groups excluding carboxylic acids is 1. The summed E-state index contributed by atoms with van der Waals surface area (Å²) in [4.78, 5) is 11.6. The van der Waals surface area contributed by atoms with Crippen LogP contribution in [0.15, 0.2) is 24.3 Å². The van der Waals surface area contributed by atoms with Gasteiger partial charge in [-0.25, -0.2) is 4.39 Å². The highest BCUT2D eigenvalue weighted by Crippen LogP contribution is 2.06. The highest BCUT2D eigenvalue weighted by Gasteiger charge is 2.24. The zero-order valence-corrected chi connectivity index (χ0v) is 8.90. The molecule has 0 radical (unpaired) electrons. The highest BCUT2D eigenvalue weighted by molar-refractivity contribution is 5.94. The quantitative estimate of drug-likeness (QED) is 0.693. The van der Waals surface area contributed by atoms with E-state index in [9.17, 15) is 9.18 Å². The second-order valence-corrected chi connectivity index (χ2v) is 3.84. The molecule has 1 rings (SSSR count). The number of hydrogen-bond acceptors (Lipinski definition) is 3. The molecule has 3 N–H and O–H groups in total. The van der Waals surface area contributed by atoms with Gasteiger partial charge >= 0.3 is 0 Å². The lowest BCUT2D eigenvalue weighted by molar-refractivity contribution is 0.0724. The molecule has 0 saturated heterocycles. The first kappa shape index (κ1) is 12.6. The van der Waals surface area contributed by atoms with Crippen molar-refractivity contribution in [1.29, 1.82) is 0 Å². The second-order valence-electron chi connectivity index (χ2n) is 3.84. The van der Waals surface area contributed by atoms with Gasteiger partial charge in [-0.15, -0.1) is 0 Å². The van der Waals surface area contributed by atoms with E-state index in [0.717, 1.165) is 0 Å². The summed E-state index contributed by atoms with van der Waals surface area (Å²) >= 11 is 0. The summed E-state index contributed by atoms with van der Waals surface area (Å²) in [5.41, 5.74) is -0.805. The van der Waals surface area contributed by atoms with Gasteiger partial charge in [0.1, 0.15) is 5.82 Å². The Morgan fingerprint density at radius 3 is 2.25 bits per heavy atom. The number of rotatable bonds is 4. The van der Waals surface area contributed by atoms with Crippen LogP contribution in [0.1, 0.15) is 17.3 Å². The van der Waals surface area contributed by atoms with Gasteiger partial charge in [0.15, 0.2) is 0 Å². The van der Waals surface area contributed by atoms with Crippen molar-refractivity contribution in [2.24, 2.45) is 0 Å². The molecule has 0 heterocycles. The molecule has 0 aliphatic rings. The molecule has 0 fully saturated rings. The minimum absolute atomic E-state index is 0.273. The van der Waals surface area contributed by atoms with Crippen LogP contribution in [0.4, 0.5) is 4.39 Å². The third-order valence-electron chi connectivity index (χ3n) is 2.22. The third-order valence-corrected chi connectivity index (χ3v) is 2.22. The molecule has 0 aliphatic carbocycles. The molecule has 88 valence electrons. The van der Waals surface area contributed by atoms with E-state index in [0.29, 0.717) is 0 Å². The first-order valence-electron chi connectivity index (χ1n) is 4.80. The van der Waals surface area contributed by atoms with Crippen molar-refractivity contribution < 1.29 is 19.4 Å². The van der Waals surface area contributed by atoms with Gasteiger partial charge in [0, 0.05) is 5.56 Å². The van der Waals surface area contributed by atoms with E-state index in [1.165, 1.54) is 31.2 Å². The first-order chi connectivity index (χ1) is 7.50. The zero-order valence-electron chi connectivity index (χ0n) is 8.90. The first-order valence-corrected chi connectivity index (χ1v) is 4.80. The average Bonchev–Trinajstić information content (AvgIpc) is 2.29. The lowest BCUT2D eigenvalue weighted by Crippen LogP contribution is -2.51. The Balaban J connectivity index is 2.76. The summed E-state index contributed by atoms with van der Waals surface area (Å²) in [6.07, 6.45) is 0. The molecule has 0 atom stereocenters. The number of benzene rings is 1. The fraction of sp³-hybridized carbons (Fsp3) is 0.364. The molecule has 1 aromatic rings. The molecule has 4 nitrogen and oxygen atoms in total. The van der Waals surface area contributed by atoms with E-state index in [4.69, 9.17) is 10.2 Å². The molecule has 1 aromatic carbocycles.